The fourth-order valence-corrected chi connectivity index (χ4v) is 2.49. The van der Waals surface area contributed by atoms with E-state index in [9.17, 15) is 4.79 Å². The van der Waals surface area contributed by atoms with Crippen LogP contribution in [0.15, 0.2) is 12.1 Å². The molecule has 2 rings (SSSR count). The van der Waals surface area contributed by atoms with Gasteiger partial charge in [-0.2, -0.15) is 0 Å². The van der Waals surface area contributed by atoms with E-state index in [1.807, 2.05) is 0 Å². The van der Waals surface area contributed by atoms with E-state index in [4.69, 9.17) is 0 Å². The van der Waals surface area contributed by atoms with Crippen molar-refractivity contribution in [3.8, 4) is 0 Å². The van der Waals surface area contributed by atoms with Gasteiger partial charge in [-0.15, -0.1) is 0 Å². The predicted molar refractivity (Wildman–Crippen MR) is 66.8 cm³/mol. The first-order valence-corrected chi connectivity index (χ1v) is 6.05. The van der Waals surface area contributed by atoms with Crippen LogP contribution in [0.1, 0.15) is 48.8 Å². The standard InChI is InChI=1S/C14H19NO/c1-4-5-6-11-12-8-9(2)7-10(3)13(12)15-14(11)16/h7-8,11H,4-6H2,1-3H3,(H,15,16). The van der Waals surface area contributed by atoms with Gasteiger partial charge in [-0.3, -0.25) is 4.79 Å². The average molecular weight is 217 g/mol. The second-order valence-electron chi connectivity index (χ2n) is 4.73. The summed E-state index contributed by atoms with van der Waals surface area (Å²) in [6, 6.07) is 4.28. The fraction of sp³-hybridized carbons (Fsp3) is 0.500. The molecule has 0 aliphatic carbocycles. The molecule has 2 heteroatoms. The van der Waals surface area contributed by atoms with E-state index in [0.717, 1.165) is 24.9 Å². The molecule has 1 aliphatic heterocycles. The normalized spacial score (nSPS) is 18.4. The largest absolute Gasteiger partial charge is 0.325 e. The minimum atomic E-state index is 0.0774. The summed E-state index contributed by atoms with van der Waals surface area (Å²) >= 11 is 0. The molecule has 1 aliphatic rings. The number of aryl methyl sites for hydroxylation is 2. The Kier molecular flexibility index (Phi) is 2.99. The Morgan fingerprint density at radius 3 is 2.75 bits per heavy atom. The van der Waals surface area contributed by atoms with Crippen LogP contribution >= 0.6 is 0 Å². The van der Waals surface area contributed by atoms with Crippen LogP contribution in [0.25, 0.3) is 0 Å². The van der Waals surface area contributed by atoms with Gasteiger partial charge in [-0.1, -0.05) is 37.5 Å². The summed E-state index contributed by atoms with van der Waals surface area (Å²) in [5.41, 5.74) is 4.68. The van der Waals surface area contributed by atoms with Gasteiger partial charge < -0.3 is 5.32 Å². The number of anilines is 1. The van der Waals surface area contributed by atoms with E-state index in [1.165, 1.54) is 16.7 Å². The number of carbonyl (C=O) groups is 1. The number of amides is 1. The van der Waals surface area contributed by atoms with E-state index in [2.05, 4.69) is 38.2 Å². The molecule has 1 amide bonds. The highest BCUT2D eigenvalue weighted by atomic mass is 16.2. The zero-order valence-electron chi connectivity index (χ0n) is 10.3. The Morgan fingerprint density at radius 1 is 1.31 bits per heavy atom. The predicted octanol–water partition coefficient (Wildman–Crippen LogP) is 3.53. The number of carbonyl (C=O) groups excluding carboxylic acids is 1. The van der Waals surface area contributed by atoms with Crippen molar-refractivity contribution in [3.05, 3.63) is 28.8 Å². The van der Waals surface area contributed by atoms with Gasteiger partial charge in [0.25, 0.3) is 0 Å². The Labute approximate surface area is 97.1 Å². The summed E-state index contributed by atoms with van der Waals surface area (Å²) in [5, 5.41) is 3.01. The maximum atomic E-state index is 11.9. The minimum Gasteiger partial charge on any atom is -0.325 e. The molecule has 0 fully saturated rings. The maximum Gasteiger partial charge on any atom is 0.232 e. The maximum absolute atomic E-state index is 11.9. The quantitative estimate of drug-likeness (QED) is 0.824. The summed E-state index contributed by atoms with van der Waals surface area (Å²) in [6.45, 7) is 6.32. The second-order valence-corrected chi connectivity index (χ2v) is 4.73. The van der Waals surface area contributed by atoms with E-state index < -0.39 is 0 Å². The number of rotatable bonds is 3. The molecule has 0 saturated heterocycles. The molecule has 1 heterocycles. The van der Waals surface area contributed by atoms with Gasteiger partial charge in [0.15, 0.2) is 0 Å². The smallest absolute Gasteiger partial charge is 0.232 e. The zero-order valence-corrected chi connectivity index (χ0v) is 10.3. The lowest BCUT2D eigenvalue weighted by atomic mass is 9.92. The fourth-order valence-electron chi connectivity index (χ4n) is 2.49. The SMILES string of the molecule is CCCCC1C(=O)Nc2c(C)cc(C)cc21. The molecule has 1 unspecified atom stereocenters. The second kappa shape index (κ2) is 4.28. The van der Waals surface area contributed by atoms with Crippen LogP contribution in [0.4, 0.5) is 5.69 Å². The van der Waals surface area contributed by atoms with Crippen molar-refractivity contribution in [2.45, 2.75) is 46.0 Å². The molecule has 1 N–H and O–H groups in total. The van der Waals surface area contributed by atoms with Crippen molar-refractivity contribution in [2.24, 2.45) is 0 Å². The Bertz CT molecular complexity index is 423. The van der Waals surface area contributed by atoms with Crippen LogP contribution in [-0.2, 0) is 4.79 Å². The van der Waals surface area contributed by atoms with Crippen LogP contribution in [0.3, 0.4) is 0 Å². The number of fused-ring (bicyclic) bond motifs is 1. The van der Waals surface area contributed by atoms with Crippen molar-refractivity contribution >= 4 is 11.6 Å². The highest BCUT2D eigenvalue weighted by molar-refractivity contribution is 6.03. The van der Waals surface area contributed by atoms with Gasteiger partial charge in [0, 0.05) is 5.69 Å². The number of unbranched alkanes of at least 4 members (excludes halogenated alkanes) is 1. The summed E-state index contributed by atoms with van der Waals surface area (Å²) in [5.74, 6) is 0.255. The van der Waals surface area contributed by atoms with Gasteiger partial charge in [-0.25, -0.2) is 0 Å². The summed E-state index contributed by atoms with van der Waals surface area (Å²) < 4.78 is 0. The number of hydrogen-bond acceptors (Lipinski definition) is 1. The van der Waals surface area contributed by atoms with Crippen LogP contribution in [0.2, 0.25) is 0 Å². The van der Waals surface area contributed by atoms with Crippen molar-refractivity contribution in [3.63, 3.8) is 0 Å². The monoisotopic (exact) mass is 217 g/mol. The molecule has 1 aromatic rings. The number of benzene rings is 1. The molecule has 86 valence electrons. The van der Waals surface area contributed by atoms with Gasteiger partial charge in [0.2, 0.25) is 5.91 Å². The van der Waals surface area contributed by atoms with Crippen molar-refractivity contribution < 1.29 is 4.79 Å². The summed E-state index contributed by atoms with van der Waals surface area (Å²) in [7, 11) is 0. The third-order valence-electron chi connectivity index (χ3n) is 3.30. The molecule has 0 saturated carbocycles. The molecular formula is C14H19NO. The van der Waals surface area contributed by atoms with Gasteiger partial charge in [0.05, 0.1) is 5.92 Å². The molecule has 0 spiro atoms. The Morgan fingerprint density at radius 2 is 2.06 bits per heavy atom. The third-order valence-corrected chi connectivity index (χ3v) is 3.30. The minimum absolute atomic E-state index is 0.0774. The van der Waals surface area contributed by atoms with E-state index >= 15 is 0 Å². The number of hydrogen-bond donors (Lipinski definition) is 1. The highest BCUT2D eigenvalue weighted by Gasteiger charge is 2.30. The average Bonchev–Trinajstić information content (AvgIpc) is 2.53. The number of nitrogens with one attached hydrogen (secondary N) is 1. The van der Waals surface area contributed by atoms with Crippen molar-refractivity contribution in [2.75, 3.05) is 5.32 Å². The molecule has 2 nitrogen and oxygen atoms in total. The van der Waals surface area contributed by atoms with Gasteiger partial charge in [0.1, 0.15) is 0 Å². The molecule has 0 aromatic heterocycles. The lowest BCUT2D eigenvalue weighted by Gasteiger charge is -2.09. The van der Waals surface area contributed by atoms with Gasteiger partial charge >= 0.3 is 0 Å². The molecule has 1 aromatic carbocycles. The Hall–Kier alpha value is -1.31. The lowest BCUT2D eigenvalue weighted by molar-refractivity contribution is -0.117. The summed E-state index contributed by atoms with van der Waals surface area (Å²) in [4.78, 5) is 11.9. The van der Waals surface area contributed by atoms with E-state index in [1.54, 1.807) is 0 Å². The first-order chi connectivity index (χ1) is 7.63. The molecular weight excluding hydrogens is 198 g/mol. The van der Waals surface area contributed by atoms with Crippen LogP contribution in [0, 0.1) is 13.8 Å². The summed E-state index contributed by atoms with van der Waals surface area (Å²) in [6.07, 6.45) is 3.23. The van der Waals surface area contributed by atoms with Crippen LogP contribution in [0.5, 0.6) is 0 Å². The van der Waals surface area contributed by atoms with Crippen molar-refractivity contribution in [1.29, 1.82) is 0 Å². The van der Waals surface area contributed by atoms with Crippen molar-refractivity contribution in [1.82, 2.24) is 0 Å². The lowest BCUT2D eigenvalue weighted by Crippen LogP contribution is -2.11. The zero-order chi connectivity index (χ0) is 11.7. The molecule has 1 atom stereocenters. The molecule has 16 heavy (non-hydrogen) atoms. The topological polar surface area (TPSA) is 29.1 Å². The first kappa shape index (κ1) is 11.2. The molecule has 0 bridgehead atoms. The highest BCUT2D eigenvalue weighted by Crippen LogP contribution is 2.38. The van der Waals surface area contributed by atoms with E-state index in [0.29, 0.717) is 0 Å². The third kappa shape index (κ3) is 1.84. The van der Waals surface area contributed by atoms with Gasteiger partial charge in [-0.05, 0) is 31.4 Å². The first-order valence-electron chi connectivity index (χ1n) is 6.05. The van der Waals surface area contributed by atoms with E-state index in [-0.39, 0.29) is 11.8 Å². The van der Waals surface area contributed by atoms with Crippen LogP contribution < -0.4 is 5.32 Å². The Balaban J connectivity index is 2.36. The van der Waals surface area contributed by atoms with Crippen LogP contribution in [-0.4, -0.2) is 5.91 Å². The molecule has 0 radical (unpaired) electrons.